The Kier molecular flexibility index (Phi) is 4.31. The van der Waals surface area contributed by atoms with Gasteiger partial charge in [0.15, 0.2) is 0 Å². The molecule has 0 aromatic heterocycles. The molecule has 0 radical (unpaired) electrons. The molecule has 4 N–H and O–H groups in total. The molecule has 2 rings (SSSR count). The zero-order valence-corrected chi connectivity index (χ0v) is 12.2. The van der Waals surface area contributed by atoms with Crippen LogP contribution in [0.2, 0.25) is 0 Å². The van der Waals surface area contributed by atoms with Crippen LogP contribution in [0.4, 0.5) is 0 Å². The third-order valence-corrected chi connectivity index (χ3v) is 3.12. The second-order valence-corrected chi connectivity index (χ2v) is 4.89. The Bertz CT molecular complexity index is 711. The molecule has 1 amide bonds. The summed E-state index contributed by atoms with van der Waals surface area (Å²) in [6.07, 6.45) is 1.30. The minimum absolute atomic E-state index is 0.0564. The summed E-state index contributed by atoms with van der Waals surface area (Å²) in [5.74, 6) is -1.39. The maximum atomic E-state index is 11.9. The lowest BCUT2D eigenvalue weighted by atomic mass is 10.1. The molecule has 0 atom stereocenters. The van der Waals surface area contributed by atoms with Crippen molar-refractivity contribution in [1.82, 2.24) is 5.43 Å². The van der Waals surface area contributed by atoms with Gasteiger partial charge in [-0.15, -0.1) is 0 Å². The van der Waals surface area contributed by atoms with E-state index in [0.717, 1.165) is 11.1 Å². The van der Waals surface area contributed by atoms with Gasteiger partial charge in [0.05, 0.1) is 6.21 Å². The van der Waals surface area contributed by atoms with Gasteiger partial charge in [-0.1, -0.05) is 12.1 Å². The normalized spacial score (nSPS) is 10.8. The molecule has 0 saturated heterocycles. The van der Waals surface area contributed by atoms with Crippen molar-refractivity contribution in [2.75, 3.05) is 0 Å². The number of phenolic OH excluding ortho intramolecular Hbond substituents is 3. The van der Waals surface area contributed by atoms with E-state index in [2.05, 4.69) is 10.5 Å². The van der Waals surface area contributed by atoms with E-state index in [0.29, 0.717) is 5.56 Å². The van der Waals surface area contributed by atoms with Crippen molar-refractivity contribution in [2.24, 2.45) is 5.10 Å². The monoisotopic (exact) mass is 300 g/mol. The summed E-state index contributed by atoms with van der Waals surface area (Å²) in [6, 6.07) is 7.45. The quantitative estimate of drug-likeness (QED) is 0.515. The number of carbonyl (C=O) groups is 1. The molecular formula is C16H16N2O4. The van der Waals surface area contributed by atoms with Crippen LogP contribution < -0.4 is 5.43 Å². The molecule has 0 spiro atoms. The van der Waals surface area contributed by atoms with Gasteiger partial charge in [-0.25, -0.2) is 5.43 Å². The van der Waals surface area contributed by atoms with Gasteiger partial charge in [-0.3, -0.25) is 4.79 Å². The van der Waals surface area contributed by atoms with E-state index >= 15 is 0 Å². The fraction of sp³-hybridized carbons (Fsp3) is 0.125. The third kappa shape index (κ3) is 3.17. The summed E-state index contributed by atoms with van der Waals surface area (Å²) in [5.41, 5.74) is 4.14. The van der Waals surface area contributed by atoms with Gasteiger partial charge < -0.3 is 15.3 Å². The first-order chi connectivity index (χ1) is 10.4. The molecule has 0 heterocycles. The summed E-state index contributed by atoms with van der Waals surface area (Å²) < 4.78 is 0. The van der Waals surface area contributed by atoms with Gasteiger partial charge >= 0.3 is 0 Å². The summed E-state index contributed by atoms with van der Waals surface area (Å²) in [6.45, 7) is 3.67. The number of carbonyl (C=O) groups excluding carboxylic acids is 1. The predicted molar refractivity (Wildman–Crippen MR) is 82.4 cm³/mol. The van der Waals surface area contributed by atoms with Gasteiger partial charge in [-0.2, -0.15) is 5.10 Å². The Morgan fingerprint density at radius 2 is 1.73 bits per heavy atom. The first-order valence-electron chi connectivity index (χ1n) is 6.54. The fourth-order valence-electron chi connectivity index (χ4n) is 2.10. The molecule has 0 fully saturated rings. The van der Waals surface area contributed by atoms with Gasteiger partial charge in [0.2, 0.25) is 0 Å². The second-order valence-electron chi connectivity index (χ2n) is 4.89. The Hall–Kier alpha value is -3.02. The fourth-order valence-corrected chi connectivity index (χ4v) is 2.10. The standard InChI is InChI=1S/C16H16N2O4/c1-9-6-10(2)11(14(21)7-9)8-17-18-16(22)15-12(19)4-3-5-13(15)20/h3-8,19-21H,1-2H3,(H,18,22). The molecule has 114 valence electrons. The van der Waals surface area contributed by atoms with Crippen molar-refractivity contribution in [3.8, 4) is 17.2 Å². The van der Waals surface area contributed by atoms with E-state index in [1.54, 1.807) is 6.07 Å². The number of aryl methyl sites for hydroxylation is 2. The SMILES string of the molecule is Cc1cc(C)c(C=NNC(=O)c2c(O)cccc2O)c(O)c1. The highest BCUT2D eigenvalue weighted by Gasteiger charge is 2.15. The number of nitrogens with zero attached hydrogens (tertiary/aromatic N) is 1. The van der Waals surface area contributed by atoms with Crippen LogP contribution in [0.5, 0.6) is 17.2 Å². The molecule has 2 aromatic carbocycles. The Balaban J connectivity index is 2.18. The number of amides is 1. The van der Waals surface area contributed by atoms with E-state index in [9.17, 15) is 20.1 Å². The van der Waals surface area contributed by atoms with Crippen LogP contribution in [0.25, 0.3) is 0 Å². The van der Waals surface area contributed by atoms with Crippen LogP contribution in [0.15, 0.2) is 35.4 Å². The summed E-state index contributed by atoms with van der Waals surface area (Å²) in [7, 11) is 0. The Morgan fingerprint density at radius 3 is 2.32 bits per heavy atom. The summed E-state index contributed by atoms with van der Waals surface area (Å²) in [5, 5.41) is 32.8. The number of nitrogens with one attached hydrogen (secondary N) is 1. The maximum Gasteiger partial charge on any atom is 0.278 e. The van der Waals surface area contributed by atoms with Crippen LogP contribution >= 0.6 is 0 Å². The largest absolute Gasteiger partial charge is 0.507 e. The first-order valence-corrected chi connectivity index (χ1v) is 6.54. The van der Waals surface area contributed by atoms with Gasteiger partial charge in [-0.05, 0) is 43.2 Å². The van der Waals surface area contributed by atoms with Crippen molar-refractivity contribution in [3.63, 3.8) is 0 Å². The molecule has 0 unspecified atom stereocenters. The van der Waals surface area contributed by atoms with Crippen molar-refractivity contribution >= 4 is 12.1 Å². The first kappa shape index (κ1) is 15.4. The van der Waals surface area contributed by atoms with Crippen molar-refractivity contribution in [2.45, 2.75) is 13.8 Å². The smallest absolute Gasteiger partial charge is 0.278 e. The minimum Gasteiger partial charge on any atom is -0.507 e. The highest BCUT2D eigenvalue weighted by atomic mass is 16.3. The lowest BCUT2D eigenvalue weighted by molar-refractivity contribution is 0.0949. The zero-order valence-electron chi connectivity index (χ0n) is 12.2. The molecular weight excluding hydrogens is 284 g/mol. The van der Waals surface area contributed by atoms with Crippen molar-refractivity contribution in [3.05, 3.63) is 52.6 Å². The van der Waals surface area contributed by atoms with Gasteiger partial charge in [0.1, 0.15) is 22.8 Å². The number of phenols is 3. The number of benzene rings is 2. The number of rotatable bonds is 3. The van der Waals surface area contributed by atoms with E-state index in [4.69, 9.17) is 0 Å². The highest BCUT2D eigenvalue weighted by molar-refractivity contribution is 6.00. The number of aromatic hydroxyl groups is 3. The predicted octanol–water partition coefficient (Wildman–Crippen LogP) is 2.18. The minimum atomic E-state index is -0.754. The molecule has 2 aromatic rings. The Morgan fingerprint density at radius 1 is 1.09 bits per heavy atom. The number of hydrogen-bond acceptors (Lipinski definition) is 5. The molecule has 0 aliphatic carbocycles. The number of hydrogen-bond donors (Lipinski definition) is 4. The van der Waals surface area contributed by atoms with Crippen LogP contribution in [0.3, 0.4) is 0 Å². The summed E-state index contributed by atoms with van der Waals surface area (Å²) in [4.78, 5) is 11.9. The Labute approximate surface area is 127 Å². The average Bonchev–Trinajstić information content (AvgIpc) is 2.41. The van der Waals surface area contributed by atoms with Crippen LogP contribution in [0, 0.1) is 13.8 Å². The van der Waals surface area contributed by atoms with Gasteiger partial charge in [0, 0.05) is 5.56 Å². The summed E-state index contributed by atoms with van der Waals surface area (Å²) >= 11 is 0. The second kappa shape index (κ2) is 6.17. The van der Waals surface area contributed by atoms with Crippen molar-refractivity contribution in [1.29, 1.82) is 0 Å². The third-order valence-electron chi connectivity index (χ3n) is 3.12. The molecule has 0 aliphatic heterocycles. The molecule has 22 heavy (non-hydrogen) atoms. The van der Waals surface area contributed by atoms with Crippen LogP contribution in [0.1, 0.15) is 27.0 Å². The zero-order chi connectivity index (χ0) is 16.3. The molecule has 0 bridgehead atoms. The maximum absolute atomic E-state index is 11.9. The van der Waals surface area contributed by atoms with Crippen LogP contribution in [-0.2, 0) is 0 Å². The highest BCUT2D eigenvalue weighted by Crippen LogP contribution is 2.26. The lowest BCUT2D eigenvalue weighted by Crippen LogP contribution is -2.18. The van der Waals surface area contributed by atoms with E-state index in [1.165, 1.54) is 24.4 Å². The average molecular weight is 300 g/mol. The number of hydrazone groups is 1. The molecule has 6 nitrogen and oxygen atoms in total. The van der Waals surface area contributed by atoms with Gasteiger partial charge in [0.25, 0.3) is 5.91 Å². The van der Waals surface area contributed by atoms with E-state index < -0.39 is 5.91 Å². The van der Waals surface area contributed by atoms with Crippen molar-refractivity contribution < 1.29 is 20.1 Å². The lowest BCUT2D eigenvalue weighted by Gasteiger charge is -2.06. The van der Waals surface area contributed by atoms with Crippen LogP contribution in [-0.4, -0.2) is 27.4 Å². The molecule has 0 aliphatic rings. The van der Waals surface area contributed by atoms with E-state index in [1.807, 2.05) is 19.9 Å². The molecule has 6 heteroatoms. The van der Waals surface area contributed by atoms with E-state index in [-0.39, 0.29) is 22.8 Å². The molecule has 0 saturated carbocycles. The topological polar surface area (TPSA) is 102 Å².